The van der Waals surface area contributed by atoms with Crippen LogP contribution in [-0.2, 0) is 5.54 Å². The lowest BCUT2D eigenvalue weighted by molar-refractivity contribution is 0.664. The van der Waals surface area contributed by atoms with Crippen LogP contribution >= 0.6 is 11.3 Å². The van der Waals surface area contributed by atoms with E-state index in [4.69, 9.17) is 10.7 Å². The molecule has 1 heterocycles. The molecule has 0 saturated heterocycles. The first-order valence-electron chi connectivity index (χ1n) is 8.22. The lowest BCUT2D eigenvalue weighted by Gasteiger charge is -2.28. The van der Waals surface area contributed by atoms with Crippen LogP contribution in [0.2, 0.25) is 0 Å². The highest BCUT2D eigenvalue weighted by molar-refractivity contribution is 7.08. The van der Waals surface area contributed by atoms with Crippen LogP contribution in [0.5, 0.6) is 0 Å². The zero-order valence-corrected chi connectivity index (χ0v) is 14.7. The Morgan fingerprint density at radius 3 is 2.04 bits per heavy atom. The molecule has 1 aromatic heterocycles. The minimum absolute atomic E-state index is 0.209. The van der Waals surface area contributed by atoms with Crippen LogP contribution in [0.25, 0.3) is 11.1 Å². The summed E-state index contributed by atoms with van der Waals surface area (Å²) in [6.45, 7) is 4.18. The number of thiophene rings is 1. The third kappa shape index (κ3) is 2.05. The molecule has 0 atom stereocenters. The van der Waals surface area contributed by atoms with Gasteiger partial charge in [0.2, 0.25) is 0 Å². The smallest absolute Gasteiger partial charge is 0.140 e. The van der Waals surface area contributed by atoms with Crippen LogP contribution in [0.1, 0.15) is 30.5 Å². The van der Waals surface area contributed by atoms with E-state index < -0.39 is 5.54 Å². The number of rotatable bonds is 3. The quantitative estimate of drug-likeness (QED) is 0.530. The largest absolute Gasteiger partial charge is 0.387 e. The third-order valence-corrected chi connectivity index (χ3v) is 5.43. The second kappa shape index (κ2) is 5.60. The van der Waals surface area contributed by atoms with E-state index in [0.717, 1.165) is 0 Å². The monoisotopic (exact) mass is 332 g/mol. The molecule has 0 saturated carbocycles. The van der Waals surface area contributed by atoms with E-state index in [9.17, 15) is 0 Å². The molecule has 24 heavy (non-hydrogen) atoms. The summed E-state index contributed by atoms with van der Waals surface area (Å²) in [5.41, 5.74) is 11.9. The van der Waals surface area contributed by atoms with Gasteiger partial charge >= 0.3 is 0 Å². The molecule has 0 amide bonds. The first kappa shape index (κ1) is 15.2. The molecular formula is C21H20N2S. The van der Waals surface area contributed by atoms with Crippen molar-refractivity contribution in [3.63, 3.8) is 0 Å². The lowest BCUT2D eigenvalue weighted by Crippen LogP contribution is -2.30. The number of nitrogens with zero attached hydrogens (tertiary/aromatic N) is 1. The lowest BCUT2D eigenvalue weighted by atomic mass is 9.82. The Morgan fingerprint density at radius 2 is 1.54 bits per heavy atom. The molecule has 4 rings (SSSR count). The minimum atomic E-state index is -0.540. The van der Waals surface area contributed by atoms with E-state index in [-0.39, 0.29) is 5.92 Å². The summed E-state index contributed by atoms with van der Waals surface area (Å²) in [6, 6.07) is 19.3. The van der Waals surface area contributed by atoms with Crippen LogP contribution in [0, 0.1) is 5.92 Å². The maximum absolute atomic E-state index is 6.36. The topological polar surface area (TPSA) is 38.4 Å². The van der Waals surface area contributed by atoms with E-state index in [0.29, 0.717) is 5.84 Å². The Hall–Kier alpha value is -2.39. The summed E-state index contributed by atoms with van der Waals surface area (Å²) in [4.78, 5) is 5.13. The molecule has 3 heteroatoms. The molecule has 0 radical (unpaired) electrons. The molecule has 0 bridgehead atoms. The van der Waals surface area contributed by atoms with Crippen LogP contribution in [-0.4, -0.2) is 5.84 Å². The highest BCUT2D eigenvalue weighted by Gasteiger charge is 2.45. The van der Waals surface area contributed by atoms with Crippen molar-refractivity contribution in [2.24, 2.45) is 16.6 Å². The number of benzene rings is 2. The van der Waals surface area contributed by atoms with Gasteiger partial charge in [-0.05, 0) is 44.6 Å². The van der Waals surface area contributed by atoms with Crippen molar-refractivity contribution in [3.8, 4) is 11.1 Å². The van der Waals surface area contributed by atoms with Gasteiger partial charge in [-0.2, -0.15) is 11.3 Å². The summed E-state index contributed by atoms with van der Waals surface area (Å²) < 4.78 is 0. The van der Waals surface area contributed by atoms with E-state index in [1.165, 1.54) is 27.8 Å². The zero-order valence-electron chi connectivity index (χ0n) is 13.9. The van der Waals surface area contributed by atoms with Gasteiger partial charge in [0, 0.05) is 5.92 Å². The van der Waals surface area contributed by atoms with Gasteiger partial charge in [-0.25, -0.2) is 0 Å². The first-order valence-corrected chi connectivity index (χ1v) is 9.16. The molecule has 0 fully saturated rings. The molecule has 2 nitrogen and oxygen atoms in total. The maximum Gasteiger partial charge on any atom is 0.140 e. The molecule has 3 aromatic rings. The molecule has 1 aliphatic carbocycles. The van der Waals surface area contributed by atoms with Gasteiger partial charge in [-0.3, -0.25) is 4.99 Å². The molecule has 0 unspecified atom stereocenters. The Bertz CT molecular complexity index is 862. The number of fused-ring (bicyclic) bond motifs is 3. The predicted octanol–water partition coefficient (Wildman–Crippen LogP) is 5.03. The second-order valence-corrected chi connectivity index (χ2v) is 7.29. The standard InChI is InChI=1S/C21H20N2S/c1-14(2)20(22)23-21(15-11-12-24-13-15)18-9-5-3-7-16(18)17-8-4-6-10-19(17)21/h3-14H,1-2H3,(H2,22,23). The van der Waals surface area contributed by atoms with Crippen molar-refractivity contribution in [2.75, 3.05) is 0 Å². The molecule has 0 aliphatic heterocycles. The highest BCUT2D eigenvalue weighted by atomic mass is 32.1. The Morgan fingerprint density at radius 1 is 0.958 bits per heavy atom. The van der Waals surface area contributed by atoms with E-state index in [2.05, 4.69) is 79.2 Å². The van der Waals surface area contributed by atoms with E-state index in [1.54, 1.807) is 11.3 Å². The summed E-state index contributed by atoms with van der Waals surface area (Å²) in [5, 5.41) is 4.30. The molecule has 2 aromatic carbocycles. The molecule has 120 valence electrons. The average molecular weight is 332 g/mol. The van der Waals surface area contributed by atoms with Crippen molar-refractivity contribution in [3.05, 3.63) is 82.0 Å². The van der Waals surface area contributed by atoms with Crippen LogP contribution in [0.15, 0.2) is 70.3 Å². The Balaban J connectivity index is 2.13. The summed E-state index contributed by atoms with van der Waals surface area (Å²) in [5.74, 6) is 0.896. The van der Waals surface area contributed by atoms with E-state index >= 15 is 0 Å². The molecule has 1 aliphatic rings. The van der Waals surface area contributed by atoms with Gasteiger partial charge in [0.15, 0.2) is 0 Å². The van der Waals surface area contributed by atoms with Gasteiger partial charge in [0.25, 0.3) is 0 Å². The van der Waals surface area contributed by atoms with Crippen molar-refractivity contribution < 1.29 is 0 Å². The SMILES string of the molecule is CC(C)C(N)=NC1(c2ccsc2)c2ccccc2-c2ccccc21. The summed E-state index contributed by atoms with van der Waals surface area (Å²) >= 11 is 1.70. The fourth-order valence-electron chi connectivity index (χ4n) is 3.50. The second-order valence-electron chi connectivity index (χ2n) is 6.50. The highest BCUT2D eigenvalue weighted by Crippen LogP contribution is 2.53. The van der Waals surface area contributed by atoms with Crippen LogP contribution < -0.4 is 5.73 Å². The number of amidine groups is 1. The van der Waals surface area contributed by atoms with Crippen molar-refractivity contribution in [1.82, 2.24) is 0 Å². The number of hydrogen-bond acceptors (Lipinski definition) is 2. The summed E-state index contributed by atoms with van der Waals surface area (Å²) in [6.07, 6.45) is 0. The van der Waals surface area contributed by atoms with Gasteiger partial charge in [0.1, 0.15) is 5.54 Å². The number of nitrogens with two attached hydrogens (primary N) is 1. The normalized spacial score (nSPS) is 15.4. The maximum atomic E-state index is 6.36. The zero-order chi connectivity index (χ0) is 16.7. The van der Waals surface area contributed by atoms with Gasteiger partial charge in [0.05, 0.1) is 5.84 Å². The first-order chi connectivity index (χ1) is 11.6. The fourth-order valence-corrected chi connectivity index (χ4v) is 4.20. The Labute approximate surface area is 146 Å². The van der Waals surface area contributed by atoms with Gasteiger partial charge in [-0.1, -0.05) is 62.4 Å². The van der Waals surface area contributed by atoms with Crippen LogP contribution in [0.4, 0.5) is 0 Å². The average Bonchev–Trinajstić information content (AvgIpc) is 3.22. The predicted molar refractivity (Wildman–Crippen MR) is 103 cm³/mol. The molecule has 0 spiro atoms. The van der Waals surface area contributed by atoms with Crippen molar-refractivity contribution in [2.45, 2.75) is 19.4 Å². The van der Waals surface area contributed by atoms with Gasteiger partial charge < -0.3 is 5.73 Å². The van der Waals surface area contributed by atoms with Gasteiger partial charge in [-0.15, -0.1) is 0 Å². The molecule has 2 N–H and O–H groups in total. The fraction of sp³-hybridized carbons (Fsp3) is 0.190. The Kier molecular flexibility index (Phi) is 3.54. The van der Waals surface area contributed by atoms with Crippen LogP contribution in [0.3, 0.4) is 0 Å². The number of aliphatic imine (C=N–C) groups is 1. The van der Waals surface area contributed by atoms with Crippen molar-refractivity contribution >= 4 is 17.2 Å². The minimum Gasteiger partial charge on any atom is -0.387 e. The molecular weight excluding hydrogens is 312 g/mol. The number of hydrogen-bond donors (Lipinski definition) is 1. The van der Waals surface area contributed by atoms with Crippen molar-refractivity contribution in [1.29, 1.82) is 0 Å². The third-order valence-electron chi connectivity index (χ3n) is 4.75. The van der Waals surface area contributed by atoms with E-state index in [1.807, 2.05) is 0 Å². The summed E-state index contributed by atoms with van der Waals surface area (Å²) in [7, 11) is 0.